The monoisotopic (exact) mass is 859 g/mol. The van der Waals surface area contributed by atoms with E-state index in [4.69, 9.17) is 0 Å². The Bertz CT molecular complexity index is 2390. The predicted octanol–water partition coefficient (Wildman–Crippen LogP) is 10.2. The first-order chi connectivity index (χ1) is 29.4. The summed E-state index contributed by atoms with van der Waals surface area (Å²) in [7, 11) is 0. The number of benzene rings is 3. The molecule has 0 aliphatic carbocycles. The summed E-state index contributed by atoms with van der Waals surface area (Å²) in [5.74, 6) is -0.538. The van der Waals surface area contributed by atoms with Gasteiger partial charge in [0, 0.05) is 11.4 Å². The molecular weight excluding hydrogens is 801 g/mol. The van der Waals surface area contributed by atoms with E-state index in [1.165, 1.54) is 17.7 Å². The average molecular weight is 860 g/mol. The van der Waals surface area contributed by atoms with Crippen molar-refractivity contribution in [1.82, 2.24) is 30.6 Å². The lowest BCUT2D eigenvalue weighted by Crippen LogP contribution is -2.16. The van der Waals surface area contributed by atoms with Gasteiger partial charge < -0.3 is 16.0 Å². The zero-order valence-corrected chi connectivity index (χ0v) is 36.8. The number of amides is 3. The maximum atomic E-state index is 13.9. The summed E-state index contributed by atoms with van der Waals surface area (Å²) in [5, 5.41) is 31.6. The molecule has 63 heavy (non-hydrogen) atoms. The second-order valence-corrected chi connectivity index (χ2v) is 15.7. The van der Waals surface area contributed by atoms with Crippen molar-refractivity contribution in [1.29, 1.82) is 0 Å². The third-order valence-corrected chi connectivity index (χ3v) is 9.29. The fourth-order valence-electron chi connectivity index (χ4n) is 5.68. The highest BCUT2D eigenvalue weighted by Crippen LogP contribution is 2.23. The number of nitrogens with one attached hydrogen (secondary N) is 3. The second kappa shape index (κ2) is 24.6. The van der Waals surface area contributed by atoms with Crippen molar-refractivity contribution in [2.75, 3.05) is 16.0 Å². The van der Waals surface area contributed by atoms with Gasteiger partial charge in [-0.15, -0.1) is 0 Å². The van der Waals surface area contributed by atoms with Crippen LogP contribution in [0.2, 0.25) is 0 Å². The zero-order chi connectivity index (χ0) is 45.3. The van der Waals surface area contributed by atoms with Crippen LogP contribution >= 0.6 is 0 Å². The molecule has 3 aromatic heterocycles. The molecule has 332 valence electrons. The number of rotatable bonds is 12. The van der Waals surface area contributed by atoms with Gasteiger partial charge >= 0.3 is 0 Å². The van der Waals surface area contributed by atoms with E-state index in [-0.39, 0.29) is 67.8 Å². The molecule has 0 atom stereocenters. The van der Waals surface area contributed by atoms with Gasteiger partial charge in [-0.2, -0.15) is 30.6 Å². The highest BCUT2D eigenvalue weighted by molar-refractivity contribution is 5.93. The normalized spacial score (nSPS) is 10.5. The lowest BCUT2D eigenvalue weighted by molar-refractivity contribution is -0.116. The molecule has 0 spiro atoms. The Morgan fingerprint density at radius 1 is 0.460 bits per heavy atom. The quantitative estimate of drug-likeness (QED) is 0.109. The summed E-state index contributed by atoms with van der Waals surface area (Å²) in [6, 6.07) is 28.3. The fraction of sp³-hybridized carbons (Fsp3) is 0.327. The maximum absolute atomic E-state index is 13.9. The topological polar surface area (TPSA) is 165 Å². The van der Waals surface area contributed by atoms with E-state index >= 15 is 0 Å². The largest absolute Gasteiger partial charge is 0.326 e. The first kappa shape index (κ1) is 50.5. The lowest BCUT2D eigenvalue weighted by Gasteiger charge is -2.10. The molecule has 3 N–H and O–H groups in total. The molecule has 0 aliphatic heterocycles. The molecule has 0 fully saturated rings. The molecule has 14 heteroatoms. The Kier molecular flexibility index (Phi) is 19.7. The summed E-state index contributed by atoms with van der Waals surface area (Å²) in [6.45, 7) is 17.6. The van der Waals surface area contributed by atoms with Crippen LogP contribution in [-0.4, -0.2) is 48.3 Å². The van der Waals surface area contributed by atoms with Crippen molar-refractivity contribution < 1.29 is 23.2 Å². The molecule has 3 heterocycles. The van der Waals surface area contributed by atoms with Crippen LogP contribution < -0.4 is 16.0 Å². The molecule has 6 rings (SSSR count). The first-order valence-electron chi connectivity index (χ1n) is 20.4. The Balaban J connectivity index is 0.000000250. The minimum absolute atomic E-state index is 0. The van der Waals surface area contributed by atoms with Crippen LogP contribution in [-0.2, 0) is 33.6 Å². The van der Waals surface area contributed by atoms with Gasteiger partial charge in [-0.05, 0) is 128 Å². The van der Waals surface area contributed by atoms with E-state index in [9.17, 15) is 23.2 Å². The molecule has 12 nitrogen and oxygen atoms in total. The van der Waals surface area contributed by atoms with Crippen LogP contribution in [0.1, 0.15) is 118 Å². The van der Waals surface area contributed by atoms with Gasteiger partial charge in [-0.1, -0.05) is 73.2 Å². The van der Waals surface area contributed by atoms with Crippen LogP contribution in [0.3, 0.4) is 0 Å². The van der Waals surface area contributed by atoms with Gasteiger partial charge in [-0.3, -0.25) is 14.4 Å². The van der Waals surface area contributed by atoms with Crippen molar-refractivity contribution in [3.05, 3.63) is 160 Å². The summed E-state index contributed by atoms with van der Waals surface area (Å²) in [4.78, 5) is 35.7. The van der Waals surface area contributed by atoms with Crippen LogP contribution in [0.25, 0.3) is 0 Å². The zero-order valence-electron chi connectivity index (χ0n) is 36.8. The van der Waals surface area contributed by atoms with E-state index in [0.29, 0.717) is 34.3 Å². The van der Waals surface area contributed by atoms with Crippen LogP contribution in [0.4, 0.5) is 25.8 Å². The van der Waals surface area contributed by atoms with E-state index in [1.54, 1.807) is 42.5 Å². The van der Waals surface area contributed by atoms with E-state index < -0.39 is 5.82 Å². The number of aromatic nitrogens is 6. The third kappa shape index (κ3) is 17.2. The molecule has 0 radical (unpaired) electrons. The average Bonchev–Trinajstić information content (AvgIpc) is 3.22. The Morgan fingerprint density at radius 3 is 1.25 bits per heavy atom. The van der Waals surface area contributed by atoms with Gasteiger partial charge in [0.1, 0.15) is 11.6 Å². The Hall–Kier alpha value is -6.83. The van der Waals surface area contributed by atoms with Gasteiger partial charge in [0.15, 0.2) is 0 Å². The van der Waals surface area contributed by atoms with E-state index in [2.05, 4.69) is 60.4 Å². The van der Waals surface area contributed by atoms with Crippen LogP contribution in [0.15, 0.2) is 97.1 Å². The van der Waals surface area contributed by atoms with Gasteiger partial charge in [0.05, 0.1) is 59.1 Å². The van der Waals surface area contributed by atoms with Crippen molar-refractivity contribution >= 4 is 34.8 Å². The summed E-state index contributed by atoms with van der Waals surface area (Å²) < 4.78 is 27.8. The number of nitrogens with zero attached hydrogens (tertiary/aromatic N) is 6. The highest BCUT2D eigenvalue weighted by Gasteiger charge is 2.13. The van der Waals surface area contributed by atoms with Crippen molar-refractivity contribution in [2.24, 2.45) is 0 Å². The second-order valence-electron chi connectivity index (χ2n) is 15.7. The number of anilines is 3. The number of aryl methyl sites for hydroxylation is 3. The first-order valence-corrected chi connectivity index (χ1v) is 20.4. The molecule has 0 unspecified atom stereocenters. The predicted molar refractivity (Wildman–Crippen MR) is 246 cm³/mol. The molecule has 3 aromatic carbocycles. The lowest BCUT2D eigenvalue weighted by atomic mass is 10.0. The number of hydrogen-bond acceptors (Lipinski definition) is 9. The number of carbonyl (C=O) groups excluding carboxylic acids is 3. The molecule has 0 saturated carbocycles. The summed E-state index contributed by atoms with van der Waals surface area (Å²) in [6.07, 6.45) is 0.415. The smallest absolute Gasteiger partial charge is 0.230 e. The molecule has 0 saturated heterocycles. The minimum atomic E-state index is -0.426. The number of halogens is 2. The highest BCUT2D eigenvalue weighted by atomic mass is 19.1. The van der Waals surface area contributed by atoms with Gasteiger partial charge in [0.25, 0.3) is 0 Å². The van der Waals surface area contributed by atoms with Crippen molar-refractivity contribution in [2.45, 2.75) is 107 Å². The van der Waals surface area contributed by atoms with Gasteiger partial charge in [-0.25, -0.2) is 8.78 Å². The van der Waals surface area contributed by atoms with Crippen LogP contribution in [0.5, 0.6) is 0 Å². The standard InChI is InChI=1S/2C16H18FN3O.C16H19N3O.CH4/c1-10(2)12-5-7-15(14(17)8-12)18-16(21)9-13-6-4-11(3)19-20-13;1-10(2)14-7-6-12(8-15(14)17)18-16(21)9-13-5-4-11(3)19-20-13;1-11(2)13-5-8-14(9-6-13)17-16(20)10-15-7-4-12(3)18-19-15;/h2*4-8,10H,9H2,1-3H3,(H,18,21);4-9,11H,10H2,1-3H3,(H,17,20);1H4. The van der Waals surface area contributed by atoms with Crippen LogP contribution in [0, 0.1) is 32.4 Å². The van der Waals surface area contributed by atoms with Gasteiger partial charge in [0.2, 0.25) is 17.7 Å². The molecule has 0 bridgehead atoms. The molecular formula is C49H59F2N9O3. The number of hydrogen-bond donors (Lipinski definition) is 3. The Morgan fingerprint density at radius 2 is 0.873 bits per heavy atom. The summed E-state index contributed by atoms with van der Waals surface area (Å²) >= 11 is 0. The van der Waals surface area contributed by atoms with E-state index in [1.807, 2.05) is 90.9 Å². The SMILES string of the molecule is C.Cc1ccc(CC(=O)Nc2ccc(C(C)C)c(F)c2)nn1.Cc1ccc(CC(=O)Nc2ccc(C(C)C)cc2)nn1.Cc1ccc(CC(=O)Nc2ccc(C(C)C)cc2F)nn1. The minimum Gasteiger partial charge on any atom is -0.326 e. The van der Waals surface area contributed by atoms with Crippen molar-refractivity contribution in [3.63, 3.8) is 0 Å². The maximum Gasteiger partial charge on any atom is 0.230 e. The summed E-state index contributed by atoms with van der Waals surface area (Å²) in [5.41, 5.74) is 8.46. The molecule has 3 amide bonds. The van der Waals surface area contributed by atoms with Crippen molar-refractivity contribution in [3.8, 4) is 0 Å². The fourth-order valence-corrected chi connectivity index (χ4v) is 5.68. The third-order valence-electron chi connectivity index (χ3n) is 9.29. The Labute approximate surface area is 369 Å². The molecule has 6 aromatic rings. The number of carbonyl (C=O) groups is 3. The molecule has 0 aliphatic rings. The van der Waals surface area contributed by atoms with E-state index in [0.717, 1.165) is 28.3 Å².